The Kier molecular flexibility index (Phi) is 8.37. The third-order valence-electron chi connectivity index (χ3n) is 7.19. The van der Waals surface area contributed by atoms with E-state index in [2.05, 4.69) is 40.3 Å². The van der Waals surface area contributed by atoms with Gasteiger partial charge >= 0.3 is 6.36 Å². The fourth-order valence-electron chi connectivity index (χ4n) is 5.26. The molecule has 3 aromatic rings. The van der Waals surface area contributed by atoms with E-state index in [4.69, 9.17) is 4.98 Å². The van der Waals surface area contributed by atoms with E-state index < -0.39 is 12.3 Å². The van der Waals surface area contributed by atoms with Crippen LogP contribution in [-0.4, -0.2) is 26.9 Å². The molecule has 2 N–H and O–H groups in total. The van der Waals surface area contributed by atoms with Gasteiger partial charge in [-0.15, -0.1) is 13.2 Å². The zero-order valence-electron chi connectivity index (χ0n) is 22.5. The summed E-state index contributed by atoms with van der Waals surface area (Å²) in [7, 11) is 0. The molecule has 1 aromatic heterocycles. The molecule has 0 fully saturated rings. The van der Waals surface area contributed by atoms with Crippen LogP contribution in [0.4, 0.5) is 18.9 Å². The van der Waals surface area contributed by atoms with E-state index in [1.54, 1.807) is 6.92 Å². The maximum Gasteiger partial charge on any atom is 0.573 e. The van der Waals surface area contributed by atoms with Crippen LogP contribution >= 0.6 is 0 Å². The van der Waals surface area contributed by atoms with Gasteiger partial charge in [-0.25, -0.2) is 4.98 Å². The van der Waals surface area contributed by atoms with Gasteiger partial charge < -0.3 is 19.7 Å². The van der Waals surface area contributed by atoms with E-state index in [9.17, 15) is 23.1 Å². The van der Waals surface area contributed by atoms with E-state index >= 15 is 0 Å². The lowest BCUT2D eigenvalue weighted by Crippen LogP contribution is -2.18. The zero-order valence-corrected chi connectivity index (χ0v) is 22.5. The average Bonchev–Trinajstić information content (AvgIpc) is 3.40. The first kappa shape index (κ1) is 28.3. The minimum absolute atomic E-state index is 0.187. The number of amides is 1. The number of nitrogens with one attached hydrogen (secondary N) is 1. The van der Waals surface area contributed by atoms with Crippen molar-refractivity contribution in [1.82, 2.24) is 9.55 Å². The highest BCUT2D eigenvalue weighted by molar-refractivity contribution is 6.04. The van der Waals surface area contributed by atoms with Crippen molar-refractivity contribution in [2.24, 2.45) is 0 Å². The maximum absolute atomic E-state index is 13.3. The highest BCUT2D eigenvalue weighted by Crippen LogP contribution is 2.39. The van der Waals surface area contributed by atoms with Crippen molar-refractivity contribution in [3.63, 3.8) is 0 Å². The summed E-state index contributed by atoms with van der Waals surface area (Å²) in [5, 5.41) is 12.5. The number of alkyl halides is 3. The van der Waals surface area contributed by atoms with E-state index in [-0.39, 0.29) is 23.1 Å². The van der Waals surface area contributed by atoms with Gasteiger partial charge in [0.2, 0.25) is 0 Å². The molecule has 0 saturated carbocycles. The van der Waals surface area contributed by atoms with E-state index in [0.717, 1.165) is 43.4 Å². The van der Waals surface area contributed by atoms with Gasteiger partial charge in [-0.3, -0.25) is 4.79 Å². The van der Waals surface area contributed by atoms with Gasteiger partial charge in [0.05, 0.1) is 5.76 Å². The highest BCUT2D eigenvalue weighted by Gasteiger charge is 2.31. The van der Waals surface area contributed by atoms with Crippen molar-refractivity contribution < 1.29 is 27.8 Å². The molecular formula is C30H34F3N3O3. The summed E-state index contributed by atoms with van der Waals surface area (Å²) >= 11 is 0. The van der Waals surface area contributed by atoms with Crippen molar-refractivity contribution in [2.45, 2.75) is 78.1 Å². The summed E-state index contributed by atoms with van der Waals surface area (Å²) in [4.78, 5) is 18.1. The Bertz CT molecular complexity index is 1380. The number of fused-ring (bicyclic) bond motifs is 1. The molecule has 2 aromatic carbocycles. The lowest BCUT2D eigenvalue weighted by Gasteiger charge is -2.13. The van der Waals surface area contributed by atoms with Gasteiger partial charge in [0.1, 0.15) is 17.3 Å². The monoisotopic (exact) mass is 541 g/mol. The number of benzene rings is 2. The molecule has 1 aliphatic rings. The number of allylic oxidation sites excluding steroid dienone is 1. The van der Waals surface area contributed by atoms with Gasteiger partial charge in [-0.1, -0.05) is 38.5 Å². The van der Waals surface area contributed by atoms with E-state index in [1.165, 1.54) is 29.3 Å². The largest absolute Gasteiger partial charge is 0.573 e. The number of ether oxygens (including phenoxy) is 1. The number of carbonyl (C=O) groups excluding carboxylic acids is 1. The quantitative estimate of drug-likeness (QED) is 0.201. The first-order chi connectivity index (χ1) is 18.5. The van der Waals surface area contributed by atoms with Crippen LogP contribution < -0.4 is 10.1 Å². The summed E-state index contributed by atoms with van der Waals surface area (Å²) in [5.74, 6) is 0.358. The second-order valence-electron chi connectivity index (χ2n) is 10.1. The molecule has 4 rings (SSSR count). The predicted octanol–water partition coefficient (Wildman–Crippen LogP) is 8.00. The summed E-state index contributed by atoms with van der Waals surface area (Å²) in [5.41, 5.74) is 5.15. The number of hydrogen-bond donors (Lipinski definition) is 2. The first-order valence-corrected chi connectivity index (χ1v) is 13.2. The molecule has 39 heavy (non-hydrogen) atoms. The van der Waals surface area contributed by atoms with Crippen molar-refractivity contribution in [3.8, 4) is 17.1 Å². The Morgan fingerprint density at radius 3 is 2.64 bits per heavy atom. The number of hydrogen-bond acceptors (Lipinski definition) is 4. The van der Waals surface area contributed by atoms with Crippen LogP contribution in [0.25, 0.3) is 11.4 Å². The van der Waals surface area contributed by atoms with Gasteiger partial charge in [0.15, 0.2) is 0 Å². The Hall–Kier alpha value is -3.75. The SMILES string of the molecule is C=C(O)C[C@@H]1CCc2cc(-c3nc(C(=O)Nc4ccc(OC(F)(F)F)cc4C)c(C)n3CCCCC)ccc21. The third-order valence-corrected chi connectivity index (χ3v) is 7.19. The smallest absolute Gasteiger partial charge is 0.513 e. The summed E-state index contributed by atoms with van der Waals surface area (Å²) in [6, 6.07) is 10.0. The van der Waals surface area contributed by atoms with Gasteiger partial charge in [-0.05, 0) is 80.0 Å². The van der Waals surface area contributed by atoms with Gasteiger partial charge in [0, 0.05) is 29.9 Å². The molecule has 0 radical (unpaired) electrons. The fourth-order valence-corrected chi connectivity index (χ4v) is 5.26. The Morgan fingerprint density at radius 2 is 1.97 bits per heavy atom. The van der Waals surface area contributed by atoms with Crippen molar-refractivity contribution in [2.75, 3.05) is 5.32 Å². The number of aliphatic hydroxyl groups is 1. The van der Waals surface area contributed by atoms with Crippen LogP contribution in [0.2, 0.25) is 0 Å². The molecular weight excluding hydrogens is 507 g/mol. The number of halogens is 3. The molecule has 0 saturated heterocycles. The Morgan fingerprint density at radius 1 is 1.21 bits per heavy atom. The molecule has 1 aliphatic carbocycles. The normalized spacial score (nSPS) is 14.8. The Balaban J connectivity index is 1.63. The van der Waals surface area contributed by atoms with Crippen LogP contribution in [0.3, 0.4) is 0 Å². The number of carbonyl (C=O) groups is 1. The van der Waals surface area contributed by atoms with Crippen LogP contribution in [0.5, 0.6) is 5.75 Å². The Labute approximate surface area is 226 Å². The predicted molar refractivity (Wildman–Crippen MR) is 145 cm³/mol. The highest BCUT2D eigenvalue weighted by atomic mass is 19.4. The number of unbranched alkanes of at least 4 members (excludes halogenated alkanes) is 2. The van der Waals surface area contributed by atoms with Crippen LogP contribution in [-0.2, 0) is 13.0 Å². The van der Waals surface area contributed by atoms with E-state index in [0.29, 0.717) is 30.0 Å². The molecule has 0 unspecified atom stereocenters. The first-order valence-electron chi connectivity index (χ1n) is 13.2. The summed E-state index contributed by atoms with van der Waals surface area (Å²) in [6.45, 7) is 9.94. The standard InChI is InChI=1S/C30H34F3N3O3/c1-5-6-7-14-36-20(4)27(29(38)34-26-13-11-24(15-18(26)2)39-30(31,32)33)35-28(36)23-10-12-25-21(16-19(3)37)8-9-22(25)17-23/h10-13,15,17,21,37H,3,5-9,14,16H2,1-2,4H3,(H,34,38)/t21-/m0/s1. The molecule has 1 heterocycles. The second kappa shape index (κ2) is 11.6. The van der Waals surface area contributed by atoms with Crippen LogP contribution in [0.1, 0.15) is 77.8 Å². The topological polar surface area (TPSA) is 76.4 Å². The second-order valence-corrected chi connectivity index (χ2v) is 10.1. The van der Waals surface area contributed by atoms with Crippen molar-refractivity contribution >= 4 is 11.6 Å². The van der Waals surface area contributed by atoms with Crippen molar-refractivity contribution in [1.29, 1.82) is 0 Å². The summed E-state index contributed by atoms with van der Waals surface area (Å²) < 4.78 is 43.7. The van der Waals surface area contributed by atoms with Crippen molar-refractivity contribution in [3.05, 3.63) is 76.8 Å². The number of aliphatic hydroxyl groups excluding tert-OH is 1. The average molecular weight is 542 g/mol. The van der Waals surface area contributed by atoms with Gasteiger partial charge in [0.25, 0.3) is 5.91 Å². The molecule has 9 heteroatoms. The number of anilines is 1. The molecule has 208 valence electrons. The summed E-state index contributed by atoms with van der Waals surface area (Å²) in [6.07, 6.45) is 0.638. The molecule has 0 spiro atoms. The minimum Gasteiger partial charge on any atom is -0.513 e. The molecule has 0 aliphatic heterocycles. The molecule has 0 bridgehead atoms. The number of imidazole rings is 1. The zero-order chi connectivity index (χ0) is 28.3. The van der Waals surface area contributed by atoms with Crippen LogP contribution in [0.15, 0.2) is 48.7 Å². The molecule has 1 atom stereocenters. The lowest BCUT2D eigenvalue weighted by molar-refractivity contribution is -0.274. The number of rotatable bonds is 10. The maximum atomic E-state index is 13.3. The number of aromatic nitrogens is 2. The fraction of sp³-hybridized carbons (Fsp3) is 0.400. The molecule has 1 amide bonds. The van der Waals surface area contributed by atoms with E-state index in [1.807, 2.05) is 13.0 Å². The van der Waals surface area contributed by atoms with Crippen LogP contribution in [0, 0.1) is 13.8 Å². The number of nitrogens with zero attached hydrogens (tertiary/aromatic N) is 2. The minimum atomic E-state index is -4.79. The van der Waals surface area contributed by atoms with Gasteiger partial charge in [-0.2, -0.15) is 0 Å². The number of aryl methyl sites for hydroxylation is 2. The molecule has 6 nitrogen and oxygen atoms in total. The lowest BCUT2D eigenvalue weighted by atomic mass is 9.96. The third kappa shape index (κ3) is 6.64.